The van der Waals surface area contributed by atoms with Gasteiger partial charge in [-0.15, -0.1) is 0 Å². The molecule has 7 heteroatoms. The number of hydrogen-bond donors (Lipinski definition) is 1. The topological polar surface area (TPSA) is 77.9 Å². The van der Waals surface area contributed by atoms with Gasteiger partial charge in [-0.3, -0.25) is 9.48 Å². The normalized spacial score (nSPS) is 10.9. The molecular formula is C16H19N5O2. The van der Waals surface area contributed by atoms with Crippen LogP contribution in [0.2, 0.25) is 0 Å². The van der Waals surface area contributed by atoms with Crippen LogP contribution in [0.4, 0.5) is 0 Å². The molecule has 1 N–H and O–H groups in total. The average Bonchev–Trinajstić information content (AvgIpc) is 3.23. The number of imidazole rings is 1. The number of carbonyl (C=O) groups is 1. The number of hydrogen-bond acceptors (Lipinski definition) is 4. The molecule has 120 valence electrons. The molecule has 0 atom stereocenters. The summed E-state index contributed by atoms with van der Waals surface area (Å²) in [6.45, 7) is 5.17. The summed E-state index contributed by atoms with van der Waals surface area (Å²) in [6, 6.07) is 3.56. The van der Waals surface area contributed by atoms with Gasteiger partial charge in [-0.1, -0.05) is 0 Å². The Hall–Kier alpha value is -2.83. The van der Waals surface area contributed by atoms with E-state index in [9.17, 15) is 4.79 Å². The lowest BCUT2D eigenvalue weighted by Crippen LogP contribution is -2.27. The van der Waals surface area contributed by atoms with Gasteiger partial charge in [0.25, 0.3) is 5.91 Å². The number of aryl methyl sites for hydroxylation is 2. The van der Waals surface area contributed by atoms with Crippen molar-refractivity contribution < 1.29 is 9.21 Å². The van der Waals surface area contributed by atoms with Gasteiger partial charge in [-0.2, -0.15) is 5.10 Å². The standard InChI is InChI=1S/C16H19N5O2/c1-11-12(2)21(10-18-11)7-6-17-16(22)13-9-20(3)19-15(13)14-5-4-8-23-14/h4-5,8-10H,6-7H2,1-3H3,(H,17,22). The first kappa shape index (κ1) is 15.1. The second kappa shape index (κ2) is 6.12. The summed E-state index contributed by atoms with van der Waals surface area (Å²) in [6.07, 6.45) is 5.05. The van der Waals surface area contributed by atoms with E-state index in [2.05, 4.69) is 15.4 Å². The van der Waals surface area contributed by atoms with Crippen LogP contribution in [-0.4, -0.2) is 31.8 Å². The molecule has 3 aromatic heterocycles. The molecule has 3 heterocycles. The van der Waals surface area contributed by atoms with Gasteiger partial charge in [0.1, 0.15) is 5.69 Å². The minimum absolute atomic E-state index is 0.168. The van der Waals surface area contributed by atoms with Crippen molar-refractivity contribution in [2.24, 2.45) is 7.05 Å². The van der Waals surface area contributed by atoms with Crippen LogP contribution in [-0.2, 0) is 13.6 Å². The van der Waals surface area contributed by atoms with Gasteiger partial charge in [-0.25, -0.2) is 4.98 Å². The summed E-state index contributed by atoms with van der Waals surface area (Å²) in [5.74, 6) is 0.413. The molecule has 0 bridgehead atoms. The number of nitrogens with one attached hydrogen (secondary N) is 1. The zero-order valence-electron chi connectivity index (χ0n) is 13.4. The van der Waals surface area contributed by atoms with Crippen molar-refractivity contribution in [2.45, 2.75) is 20.4 Å². The van der Waals surface area contributed by atoms with Crippen LogP contribution >= 0.6 is 0 Å². The lowest BCUT2D eigenvalue weighted by molar-refractivity contribution is 0.0952. The van der Waals surface area contributed by atoms with Crippen LogP contribution < -0.4 is 5.32 Å². The van der Waals surface area contributed by atoms with E-state index in [4.69, 9.17) is 4.42 Å². The lowest BCUT2D eigenvalue weighted by atomic mass is 10.2. The highest BCUT2D eigenvalue weighted by atomic mass is 16.3. The zero-order chi connectivity index (χ0) is 16.4. The fraction of sp³-hybridized carbons (Fsp3) is 0.312. The van der Waals surface area contributed by atoms with Gasteiger partial charge in [0, 0.05) is 32.0 Å². The third kappa shape index (κ3) is 3.03. The van der Waals surface area contributed by atoms with Crippen molar-refractivity contribution in [1.82, 2.24) is 24.6 Å². The molecule has 0 aliphatic rings. The first-order valence-electron chi connectivity index (χ1n) is 7.40. The molecule has 7 nitrogen and oxygen atoms in total. The first-order valence-corrected chi connectivity index (χ1v) is 7.40. The SMILES string of the molecule is Cc1ncn(CCNC(=O)c2cn(C)nc2-c2ccco2)c1C. The molecule has 0 radical (unpaired) electrons. The molecule has 1 amide bonds. The fourth-order valence-electron chi connectivity index (χ4n) is 2.40. The number of furan rings is 1. The van der Waals surface area contributed by atoms with E-state index in [-0.39, 0.29) is 5.91 Å². The largest absolute Gasteiger partial charge is 0.463 e. The van der Waals surface area contributed by atoms with Crippen LogP contribution in [0, 0.1) is 13.8 Å². The molecule has 0 spiro atoms. The van der Waals surface area contributed by atoms with Crippen LogP contribution in [0.5, 0.6) is 0 Å². The molecule has 3 rings (SSSR count). The molecule has 23 heavy (non-hydrogen) atoms. The Morgan fingerprint density at radius 2 is 2.22 bits per heavy atom. The minimum Gasteiger partial charge on any atom is -0.463 e. The predicted octanol–water partition coefficient (Wildman–Crippen LogP) is 1.92. The summed E-state index contributed by atoms with van der Waals surface area (Å²) in [5.41, 5.74) is 3.16. The van der Waals surface area contributed by atoms with Crippen LogP contribution in [0.1, 0.15) is 21.7 Å². The van der Waals surface area contributed by atoms with E-state index in [0.29, 0.717) is 30.1 Å². The maximum absolute atomic E-state index is 12.4. The van der Waals surface area contributed by atoms with Crippen LogP contribution in [0.25, 0.3) is 11.5 Å². The Balaban J connectivity index is 1.68. The Kier molecular flexibility index (Phi) is 4.01. The van der Waals surface area contributed by atoms with Gasteiger partial charge in [0.15, 0.2) is 5.76 Å². The first-order chi connectivity index (χ1) is 11.1. The zero-order valence-corrected chi connectivity index (χ0v) is 13.4. The molecule has 3 aromatic rings. The minimum atomic E-state index is -0.168. The molecule has 0 aliphatic carbocycles. The molecule has 0 unspecified atom stereocenters. The van der Waals surface area contributed by atoms with Crippen molar-refractivity contribution in [3.8, 4) is 11.5 Å². The highest BCUT2D eigenvalue weighted by Crippen LogP contribution is 2.22. The summed E-state index contributed by atoms with van der Waals surface area (Å²) in [5, 5.41) is 7.22. The average molecular weight is 313 g/mol. The van der Waals surface area contributed by atoms with E-state index in [1.165, 1.54) is 0 Å². The number of rotatable bonds is 5. The smallest absolute Gasteiger partial charge is 0.255 e. The van der Waals surface area contributed by atoms with Crippen molar-refractivity contribution in [3.63, 3.8) is 0 Å². The third-order valence-corrected chi connectivity index (χ3v) is 3.81. The van der Waals surface area contributed by atoms with Crippen LogP contribution in [0.15, 0.2) is 35.3 Å². The van der Waals surface area contributed by atoms with Gasteiger partial charge in [-0.05, 0) is 26.0 Å². The molecule has 0 aromatic carbocycles. The summed E-state index contributed by atoms with van der Waals surface area (Å²) >= 11 is 0. The third-order valence-electron chi connectivity index (χ3n) is 3.81. The molecule has 0 saturated carbocycles. The number of carbonyl (C=O) groups excluding carboxylic acids is 1. The van der Waals surface area contributed by atoms with Gasteiger partial charge in [0.05, 0.1) is 23.8 Å². The maximum atomic E-state index is 12.4. The second-order valence-corrected chi connectivity index (χ2v) is 5.41. The Bertz CT molecular complexity index is 814. The van der Waals surface area contributed by atoms with E-state index < -0.39 is 0 Å². The van der Waals surface area contributed by atoms with E-state index in [0.717, 1.165) is 11.4 Å². The Morgan fingerprint density at radius 1 is 1.39 bits per heavy atom. The molecule has 0 saturated heterocycles. The number of amides is 1. The summed E-state index contributed by atoms with van der Waals surface area (Å²) in [7, 11) is 1.78. The second-order valence-electron chi connectivity index (χ2n) is 5.41. The van der Waals surface area contributed by atoms with E-state index in [1.54, 1.807) is 42.6 Å². The Labute approximate surface area is 133 Å². The van der Waals surface area contributed by atoms with Crippen molar-refractivity contribution >= 4 is 5.91 Å². The predicted molar refractivity (Wildman–Crippen MR) is 84.9 cm³/mol. The highest BCUT2D eigenvalue weighted by Gasteiger charge is 2.18. The van der Waals surface area contributed by atoms with E-state index >= 15 is 0 Å². The maximum Gasteiger partial charge on any atom is 0.255 e. The molecular weight excluding hydrogens is 294 g/mol. The quantitative estimate of drug-likeness (QED) is 0.780. The van der Waals surface area contributed by atoms with Gasteiger partial charge >= 0.3 is 0 Å². The fourth-order valence-corrected chi connectivity index (χ4v) is 2.40. The monoisotopic (exact) mass is 313 g/mol. The van der Waals surface area contributed by atoms with Crippen molar-refractivity contribution in [1.29, 1.82) is 0 Å². The molecule has 0 aliphatic heterocycles. The number of nitrogens with zero attached hydrogens (tertiary/aromatic N) is 4. The van der Waals surface area contributed by atoms with Gasteiger partial charge in [0.2, 0.25) is 0 Å². The Morgan fingerprint density at radius 3 is 2.87 bits per heavy atom. The van der Waals surface area contributed by atoms with Crippen molar-refractivity contribution in [3.05, 3.63) is 47.9 Å². The lowest BCUT2D eigenvalue weighted by Gasteiger charge is -2.07. The van der Waals surface area contributed by atoms with Gasteiger partial charge < -0.3 is 14.3 Å². The van der Waals surface area contributed by atoms with Crippen molar-refractivity contribution in [2.75, 3.05) is 6.54 Å². The van der Waals surface area contributed by atoms with Crippen LogP contribution in [0.3, 0.4) is 0 Å². The summed E-state index contributed by atoms with van der Waals surface area (Å²) < 4.78 is 8.98. The number of aromatic nitrogens is 4. The molecule has 0 fully saturated rings. The summed E-state index contributed by atoms with van der Waals surface area (Å²) in [4.78, 5) is 16.7. The highest BCUT2D eigenvalue weighted by molar-refractivity contribution is 5.99. The van der Waals surface area contributed by atoms with E-state index in [1.807, 2.05) is 18.4 Å².